The number of halogens is 2. The number of nitrogens with one attached hydrogen (secondary N) is 1. The van der Waals surface area contributed by atoms with Gasteiger partial charge in [-0.1, -0.05) is 67.8 Å². The average molecular weight is 369 g/mol. The van der Waals surface area contributed by atoms with Gasteiger partial charge in [0.2, 0.25) is 0 Å². The number of hydrogen-bond acceptors (Lipinski definition) is 1. The maximum atomic E-state index is 3.63. The van der Waals surface area contributed by atoms with Crippen LogP contribution in [0.2, 0.25) is 0 Å². The molecule has 3 heteroatoms. The molecule has 0 fully saturated rings. The predicted octanol–water partition coefficient (Wildman–Crippen LogP) is 4.83. The lowest BCUT2D eigenvalue weighted by atomic mass is 9.98. The molecular formula is C15H15Br2N. The molecular weight excluding hydrogens is 354 g/mol. The van der Waals surface area contributed by atoms with Crippen molar-refractivity contribution < 1.29 is 0 Å². The molecule has 1 nitrogen and oxygen atoms in total. The van der Waals surface area contributed by atoms with Gasteiger partial charge < -0.3 is 5.32 Å². The van der Waals surface area contributed by atoms with E-state index in [1.54, 1.807) is 0 Å². The summed E-state index contributed by atoms with van der Waals surface area (Å²) in [6.45, 7) is 2.10. The lowest BCUT2D eigenvalue weighted by molar-refractivity contribution is 0.688. The lowest BCUT2D eigenvalue weighted by Gasteiger charge is -2.19. The summed E-state index contributed by atoms with van der Waals surface area (Å²) in [4.78, 5) is 0. The third kappa shape index (κ3) is 3.02. The second kappa shape index (κ2) is 6.00. The molecule has 1 N–H and O–H groups in total. The van der Waals surface area contributed by atoms with Crippen LogP contribution in [0.15, 0.2) is 51.4 Å². The van der Waals surface area contributed by atoms with Crippen LogP contribution < -0.4 is 5.32 Å². The molecule has 2 rings (SSSR count). The predicted molar refractivity (Wildman–Crippen MR) is 83.9 cm³/mol. The summed E-state index contributed by atoms with van der Waals surface area (Å²) < 4.78 is 2.19. The molecule has 0 bridgehead atoms. The molecule has 0 amide bonds. The molecule has 2 aromatic carbocycles. The molecule has 0 heterocycles. The van der Waals surface area contributed by atoms with Crippen LogP contribution >= 0.6 is 31.9 Å². The molecule has 94 valence electrons. The second-order valence-corrected chi connectivity index (χ2v) is 6.07. The Bertz CT molecular complexity index is 535. The maximum Gasteiger partial charge on any atom is 0.0585 e. The fraction of sp³-hybridized carbons (Fsp3) is 0.200. The zero-order valence-electron chi connectivity index (χ0n) is 10.4. The van der Waals surface area contributed by atoms with Crippen molar-refractivity contribution in [2.24, 2.45) is 0 Å². The Labute approximate surface area is 125 Å². The van der Waals surface area contributed by atoms with E-state index in [0.717, 1.165) is 8.95 Å². The minimum absolute atomic E-state index is 0.202. The van der Waals surface area contributed by atoms with E-state index in [1.807, 2.05) is 7.05 Å². The first-order valence-electron chi connectivity index (χ1n) is 5.80. The van der Waals surface area contributed by atoms with Gasteiger partial charge in [0.15, 0.2) is 0 Å². The number of hydrogen-bond donors (Lipinski definition) is 1. The molecule has 0 saturated heterocycles. The molecule has 1 atom stereocenters. The van der Waals surface area contributed by atoms with Crippen molar-refractivity contribution >= 4 is 31.9 Å². The summed E-state index contributed by atoms with van der Waals surface area (Å²) in [5.41, 5.74) is 3.79. The summed E-state index contributed by atoms with van der Waals surface area (Å²) >= 11 is 7.11. The van der Waals surface area contributed by atoms with Crippen molar-refractivity contribution in [2.45, 2.75) is 13.0 Å². The smallest absolute Gasteiger partial charge is 0.0585 e. The van der Waals surface area contributed by atoms with Crippen LogP contribution in [0.25, 0.3) is 0 Å². The van der Waals surface area contributed by atoms with Crippen molar-refractivity contribution in [1.82, 2.24) is 5.32 Å². The topological polar surface area (TPSA) is 12.0 Å². The normalized spacial score (nSPS) is 12.4. The van der Waals surface area contributed by atoms with Crippen molar-refractivity contribution in [1.29, 1.82) is 0 Å². The monoisotopic (exact) mass is 367 g/mol. The van der Waals surface area contributed by atoms with Gasteiger partial charge in [0, 0.05) is 8.95 Å². The Kier molecular flexibility index (Phi) is 4.60. The molecule has 0 aliphatic heterocycles. The Morgan fingerprint density at radius 3 is 2.22 bits per heavy atom. The lowest BCUT2D eigenvalue weighted by Crippen LogP contribution is -2.18. The van der Waals surface area contributed by atoms with E-state index in [4.69, 9.17) is 0 Å². The van der Waals surface area contributed by atoms with Gasteiger partial charge in [0.25, 0.3) is 0 Å². The summed E-state index contributed by atoms with van der Waals surface area (Å²) in [6.07, 6.45) is 0. The fourth-order valence-electron chi connectivity index (χ4n) is 2.00. The van der Waals surface area contributed by atoms with E-state index < -0.39 is 0 Å². The van der Waals surface area contributed by atoms with Crippen molar-refractivity contribution in [3.63, 3.8) is 0 Å². The van der Waals surface area contributed by atoms with Crippen LogP contribution in [0.1, 0.15) is 22.7 Å². The molecule has 18 heavy (non-hydrogen) atoms. The number of benzene rings is 2. The van der Waals surface area contributed by atoms with Gasteiger partial charge in [-0.25, -0.2) is 0 Å². The van der Waals surface area contributed by atoms with E-state index in [9.17, 15) is 0 Å². The van der Waals surface area contributed by atoms with E-state index >= 15 is 0 Å². The van der Waals surface area contributed by atoms with Crippen LogP contribution in [0, 0.1) is 6.92 Å². The van der Waals surface area contributed by atoms with E-state index in [-0.39, 0.29) is 6.04 Å². The van der Waals surface area contributed by atoms with Crippen molar-refractivity contribution in [2.75, 3.05) is 7.05 Å². The van der Waals surface area contributed by atoms with Crippen LogP contribution in [0.3, 0.4) is 0 Å². The summed E-state index contributed by atoms with van der Waals surface area (Å²) in [7, 11) is 1.99. The molecule has 1 unspecified atom stereocenters. The van der Waals surface area contributed by atoms with Crippen LogP contribution in [-0.4, -0.2) is 7.05 Å². The highest BCUT2D eigenvalue weighted by Crippen LogP contribution is 2.30. The standard InChI is InChI=1S/C15H15Br2N/c1-10-3-5-11(6-4-10)15(18-2)13-8-7-12(16)9-14(13)17/h3-9,15,18H,1-2H3. The van der Waals surface area contributed by atoms with Crippen LogP contribution in [0.5, 0.6) is 0 Å². The minimum Gasteiger partial charge on any atom is -0.309 e. The highest BCUT2D eigenvalue weighted by atomic mass is 79.9. The zero-order valence-corrected chi connectivity index (χ0v) is 13.5. The minimum atomic E-state index is 0.202. The molecule has 0 aliphatic rings. The third-order valence-electron chi connectivity index (χ3n) is 2.97. The SMILES string of the molecule is CNC(c1ccc(C)cc1)c1ccc(Br)cc1Br. The maximum absolute atomic E-state index is 3.63. The first-order valence-corrected chi connectivity index (χ1v) is 7.39. The number of aryl methyl sites for hydroxylation is 1. The van der Waals surface area contributed by atoms with Gasteiger partial charge >= 0.3 is 0 Å². The Hall–Kier alpha value is -0.640. The van der Waals surface area contributed by atoms with Crippen molar-refractivity contribution in [3.8, 4) is 0 Å². The molecule has 0 spiro atoms. The van der Waals surface area contributed by atoms with Gasteiger partial charge in [-0.15, -0.1) is 0 Å². The Balaban J connectivity index is 2.41. The van der Waals surface area contributed by atoms with E-state index in [2.05, 4.69) is 86.6 Å². The largest absolute Gasteiger partial charge is 0.309 e. The van der Waals surface area contributed by atoms with E-state index in [0.29, 0.717) is 0 Å². The first kappa shape index (κ1) is 13.8. The van der Waals surface area contributed by atoms with Crippen LogP contribution in [-0.2, 0) is 0 Å². The highest BCUT2D eigenvalue weighted by molar-refractivity contribution is 9.11. The molecule has 0 radical (unpaired) electrons. The molecule has 0 aliphatic carbocycles. The Morgan fingerprint density at radius 2 is 1.67 bits per heavy atom. The first-order chi connectivity index (χ1) is 8.61. The van der Waals surface area contributed by atoms with Crippen molar-refractivity contribution in [3.05, 3.63) is 68.1 Å². The summed E-state index contributed by atoms with van der Waals surface area (Å²) in [6, 6.07) is 15.1. The van der Waals surface area contributed by atoms with Gasteiger partial charge in [-0.3, -0.25) is 0 Å². The third-order valence-corrected chi connectivity index (χ3v) is 4.15. The highest BCUT2D eigenvalue weighted by Gasteiger charge is 2.14. The zero-order chi connectivity index (χ0) is 13.1. The Morgan fingerprint density at radius 1 is 1.00 bits per heavy atom. The van der Waals surface area contributed by atoms with E-state index in [1.165, 1.54) is 16.7 Å². The van der Waals surface area contributed by atoms with Crippen LogP contribution in [0.4, 0.5) is 0 Å². The fourth-order valence-corrected chi connectivity index (χ4v) is 3.27. The summed E-state index contributed by atoms with van der Waals surface area (Å²) in [5, 5.41) is 3.37. The van der Waals surface area contributed by atoms with Gasteiger partial charge in [0.05, 0.1) is 6.04 Å². The van der Waals surface area contributed by atoms with Gasteiger partial charge in [0.1, 0.15) is 0 Å². The summed E-state index contributed by atoms with van der Waals surface area (Å²) in [5.74, 6) is 0. The average Bonchev–Trinajstić information content (AvgIpc) is 2.35. The number of rotatable bonds is 3. The quantitative estimate of drug-likeness (QED) is 0.818. The van der Waals surface area contributed by atoms with Gasteiger partial charge in [-0.2, -0.15) is 0 Å². The van der Waals surface area contributed by atoms with Gasteiger partial charge in [-0.05, 0) is 37.2 Å². The molecule has 0 aromatic heterocycles. The molecule has 0 saturated carbocycles. The second-order valence-electron chi connectivity index (χ2n) is 4.30. The molecule has 2 aromatic rings.